The zero-order valence-electron chi connectivity index (χ0n) is 11.8. The molecule has 108 valence electrons. The van der Waals surface area contributed by atoms with Gasteiger partial charge in [-0.05, 0) is 18.6 Å². The smallest absolute Gasteiger partial charge is 0.315 e. The topological polar surface area (TPSA) is 61.4 Å². The third-order valence-corrected chi connectivity index (χ3v) is 3.34. The minimum absolute atomic E-state index is 0.0510. The molecule has 0 saturated carbocycles. The standard InChI is InChI=1S/C15H21N3O2/c1-2-3-9-16-15(20)17-12-10-14(19)18(11-12)13-7-5-4-6-8-13/h4-8,12H,2-3,9-11H2,1H3,(H2,16,17,20). The number of carbonyl (C=O) groups is 2. The molecule has 0 aliphatic carbocycles. The van der Waals surface area contributed by atoms with Crippen LogP contribution in [0.25, 0.3) is 0 Å². The van der Waals surface area contributed by atoms with Crippen molar-refractivity contribution in [2.24, 2.45) is 0 Å². The molecule has 1 heterocycles. The SMILES string of the molecule is CCCCNC(=O)NC1CC(=O)N(c2ccccc2)C1. The van der Waals surface area contributed by atoms with Crippen LogP contribution in [-0.4, -0.2) is 31.1 Å². The number of hydrogen-bond donors (Lipinski definition) is 2. The molecule has 0 radical (unpaired) electrons. The highest BCUT2D eigenvalue weighted by Gasteiger charge is 2.31. The monoisotopic (exact) mass is 275 g/mol. The zero-order chi connectivity index (χ0) is 14.4. The summed E-state index contributed by atoms with van der Waals surface area (Å²) in [5.74, 6) is 0.0510. The number of nitrogens with zero attached hydrogens (tertiary/aromatic N) is 1. The predicted octanol–water partition coefficient (Wildman–Crippen LogP) is 1.89. The average Bonchev–Trinajstić information content (AvgIpc) is 2.81. The van der Waals surface area contributed by atoms with Gasteiger partial charge in [0.25, 0.3) is 0 Å². The van der Waals surface area contributed by atoms with Gasteiger partial charge in [-0.25, -0.2) is 4.79 Å². The third kappa shape index (κ3) is 3.73. The highest BCUT2D eigenvalue weighted by molar-refractivity contribution is 5.96. The van der Waals surface area contributed by atoms with Gasteiger partial charge in [-0.15, -0.1) is 0 Å². The molecular formula is C15H21N3O2. The summed E-state index contributed by atoms with van der Waals surface area (Å²) in [5, 5.41) is 5.66. The van der Waals surface area contributed by atoms with Crippen molar-refractivity contribution in [2.75, 3.05) is 18.0 Å². The van der Waals surface area contributed by atoms with E-state index in [0.717, 1.165) is 18.5 Å². The molecule has 1 fully saturated rings. The first-order chi connectivity index (χ1) is 9.70. The number of rotatable bonds is 5. The Morgan fingerprint density at radius 3 is 2.80 bits per heavy atom. The lowest BCUT2D eigenvalue weighted by Crippen LogP contribution is -2.43. The molecule has 0 aromatic heterocycles. The lowest BCUT2D eigenvalue weighted by atomic mass is 10.2. The fourth-order valence-electron chi connectivity index (χ4n) is 2.28. The first-order valence-corrected chi connectivity index (χ1v) is 7.10. The largest absolute Gasteiger partial charge is 0.338 e. The average molecular weight is 275 g/mol. The Hall–Kier alpha value is -2.04. The number of hydrogen-bond acceptors (Lipinski definition) is 2. The van der Waals surface area contributed by atoms with Gasteiger partial charge in [0.2, 0.25) is 5.91 Å². The van der Waals surface area contributed by atoms with Crippen LogP contribution in [0.5, 0.6) is 0 Å². The molecule has 1 aromatic rings. The van der Waals surface area contributed by atoms with Gasteiger partial charge in [-0.3, -0.25) is 4.79 Å². The van der Waals surface area contributed by atoms with Crippen LogP contribution in [0.4, 0.5) is 10.5 Å². The molecule has 3 amide bonds. The normalized spacial score (nSPS) is 18.1. The maximum atomic E-state index is 12.0. The van der Waals surface area contributed by atoms with Crippen molar-refractivity contribution < 1.29 is 9.59 Å². The first kappa shape index (κ1) is 14.4. The second-order valence-corrected chi connectivity index (χ2v) is 4.99. The second-order valence-electron chi connectivity index (χ2n) is 4.99. The van der Waals surface area contributed by atoms with Crippen molar-refractivity contribution >= 4 is 17.6 Å². The van der Waals surface area contributed by atoms with Crippen LogP contribution < -0.4 is 15.5 Å². The lowest BCUT2D eigenvalue weighted by Gasteiger charge is -2.17. The number of benzene rings is 1. The molecule has 1 unspecified atom stereocenters. The molecule has 20 heavy (non-hydrogen) atoms. The van der Waals surface area contributed by atoms with Crippen molar-refractivity contribution in [2.45, 2.75) is 32.2 Å². The number of carbonyl (C=O) groups excluding carboxylic acids is 2. The fourth-order valence-corrected chi connectivity index (χ4v) is 2.28. The minimum atomic E-state index is -0.189. The van der Waals surface area contributed by atoms with Gasteiger partial charge in [0.1, 0.15) is 0 Å². The van der Waals surface area contributed by atoms with E-state index in [1.54, 1.807) is 4.90 Å². The Morgan fingerprint density at radius 1 is 1.35 bits per heavy atom. The highest BCUT2D eigenvalue weighted by atomic mass is 16.2. The highest BCUT2D eigenvalue weighted by Crippen LogP contribution is 2.20. The summed E-state index contributed by atoms with van der Waals surface area (Å²) in [6, 6.07) is 9.22. The summed E-state index contributed by atoms with van der Waals surface area (Å²) in [7, 11) is 0. The van der Waals surface area contributed by atoms with Crippen molar-refractivity contribution in [3.05, 3.63) is 30.3 Å². The van der Waals surface area contributed by atoms with E-state index in [1.165, 1.54) is 0 Å². The van der Waals surface area contributed by atoms with E-state index in [0.29, 0.717) is 19.5 Å². The molecule has 0 spiro atoms. The van der Waals surface area contributed by atoms with Gasteiger partial charge < -0.3 is 15.5 Å². The zero-order valence-corrected chi connectivity index (χ0v) is 11.8. The Kier molecular flexibility index (Phi) is 4.98. The number of nitrogens with one attached hydrogen (secondary N) is 2. The molecule has 1 atom stereocenters. The molecule has 2 rings (SSSR count). The van der Waals surface area contributed by atoms with Gasteiger partial charge in [0.15, 0.2) is 0 Å². The maximum absolute atomic E-state index is 12.0. The number of unbranched alkanes of at least 4 members (excludes halogenated alkanes) is 1. The van der Waals surface area contributed by atoms with Gasteiger partial charge in [-0.2, -0.15) is 0 Å². The van der Waals surface area contributed by atoms with Gasteiger partial charge in [-0.1, -0.05) is 31.5 Å². The summed E-state index contributed by atoms with van der Waals surface area (Å²) in [6.07, 6.45) is 2.37. The quantitative estimate of drug-likeness (QED) is 0.806. The molecule has 1 saturated heterocycles. The van der Waals surface area contributed by atoms with Crippen LogP contribution in [0, 0.1) is 0 Å². The van der Waals surface area contributed by atoms with Crippen LogP contribution in [-0.2, 0) is 4.79 Å². The Balaban J connectivity index is 1.85. The van der Waals surface area contributed by atoms with E-state index in [-0.39, 0.29) is 18.0 Å². The second kappa shape index (κ2) is 6.93. The van der Waals surface area contributed by atoms with Crippen LogP contribution in [0.3, 0.4) is 0 Å². The molecule has 5 nitrogen and oxygen atoms in total. The summed E-state index contributed by atoms with van der Waals surface area (Å²) in [4.78, 5) is 25.4. The molecule has 1 aliphatic heterocycles. The number of para-hydroxylation sites is 1. The summed E-state index contributed by atoms with van der Waals surface area (Å²) >= 11 is 0. The first-order valence-electron chi connectivity index (χ1n) is 7.10. The van der Waals surface area contributed by atoms with Crippen molar-refractivity contribution in [1.82, 2.24) is 10.6 Å². The van der Waals surface area contributed by atoms with Crippen LogP contribution in [0.2, 0.25) is 0 Å². The molecule has 5 heteroatoms. The van der Waals surface area contributed by atoms with Crippen LogP contribution >= 0.6 is 0 Å². The Labute approximate surface area is 119 Å². The molecular weight excluding hydrogens is 254 g/mol. The number of anilines is 1. The van der Waals surface area contributed by atoms with Crippen molar-refractivity contribution in [1.29, 1.82) is 0 Å². The fraction of sp³-hybridized carbons (Fsp3) is 0.467. The van der Waals surface area contributed by atoms with E-state index in [2.05, 4.69) is 17.6 Å². The Bertz CT molecular complexity index is 461. The van der Waals surface area contributed by atoms with Gasteiger partial charge in [0, 0.05) is 25.2 Å². The predicted molar refractivity (Wildman–Crippen MR) is 78.6 cm³/mol. The van der Waals surface area contributed by atoms with E-state index >= 15 is 0 Å². The molecule has 2 N–H and O–H groups in total. The maximum Gasteiger partial charge on any atom is 0.315 e. The van der Waals surface area contributed by atoms with Gasteiger partial charge in [0.05, 0.1) is 6.04 Å². The van der Waals surface area contributed by atoms with Crippen LogP contribution in [0.1, 0.15) is 26.2 Å². The van der Waals surface area contributed by atoms with E-state index in [9.17, 15) is 9.59 Å². The van der Waals surface area contributed by atoms with Crippen molar-refractivity contribution in [3.63, 3.8) is 0 Å². The lowest BCUT2D eigenvalue weighted by molar-refractivity contribution is -0.117. The summed E-state index contributed by atoms with van der Waals surface area (Å²) < 4.78 is 0. The number of urea groups is 1. The van der Waals surface area contributed by atoms with E-state index < -0.39 is 0 Å². The van der Waals surface area contributed by atoms with E-state index in [4.69, 9.17) is 0 Å². The molecule has 1 aromatic carbocycles. The summed E-state index contributed by atoms with van der Waals surface area (Å²) in [5.41, 5.74) is 0.883. The Morgan fingerprint density at radius 2 is 2.10 bits per heavy atom. The number of amides is 3. The minimum Gasteiger partial charge on any atom is -0.338 e. The third-order valence-electron chi connectivity index (χ3n) is 3.34. The molecule has 1 aliphatic rings. The van der Waals surface area contributed by atoms with Gasteiger partial charge >= 0.3 is 6.03 Å². The van der Waals surface area contributed by atoms with Crippen LogP contribution in [0.15, 0.2) is 30.3 Å². The van der Waals surface area contributed by atoms with E-state index in [1.807, 2.05) is 30.3 Å². The van der Waals surface area contributed by atoms with Crippen molar-refractivity contribution in [3.8, 4) is 0 Å². The molecule has 0 bridgehead atoms. The summed E-state index contributed by atoms with van der Waals surface area (Å²) in [6.45, 7) is 3.28.